The van der Waals surface area contributed by atoms with E-state index in [4.69, 9.17) is 0 Å². The van der Waals surface area contributed by atoms with Crippen LogP contribution < -0.4 is 10.9 Å². The minimum atomic E-state index is -5.56. The fraction of sp³-hybridized carbons (Fsp3) is 1.00. The first-order chi connectivity index (χ1) is 4.31. The van der Waals surface area contributed by atoms with Gasteiger partial charge < -0.3 is 0 Å². The average molecular weight is 164 g/mol. The van der Waals surface area contributed by atoms with Gasteiger partial charge in [0.15, 0.2) is 0 Å². The van der Waals surface area contributed by atoms with Crippen LogP contribution in [0.25, 0.3) is 0 Å². The summed E-state index contributed by atoms with van der Waals surface area (Å²) in [6.07, 6.45) is -5.56. The smallest absolute Gasteiger partial charge is 0.256 e. The zero-order chi connectivity index (χ0) is 8.41. The topological polar surface area (TPSA) is 24.1 Å². The molecule has 0 aliphatic carbocycles. The van der Waals surface area contributed by atoms with Gasteiger partial charge in [-0.05, 0) is 7.05 Å². The Morgan fingerprint density at radius 3 is 1.50 bits per heavy atom. The predicted octanol–water partition coefficient (Wildman–Crippen LogP) is 0.866. The van der Waals surface area contributed by atoms with Crippen LogP contribution in [0.2, 0.25) is 0 Å². The molecule has 0 rings (SSSR count). The van der Waals surface area contributed by atoms with Crippen LogP contribution >= 0.6 is 0 Å². The summed E-state index contributed by atoms with van der Waals surface area (Å²) in [5, 5.41) is 0. The largest absolute Gasteiger partial charge is 0.470 e. The summed E-state index contributed by atoms with van der Waals surface area (Å²) in [4.78, 5) is 0. The van der Waals surface area contributed by atoms with Crippen LogP contribution in [0, 0.1) is 0 Å². The highest BCUT2D eigenvalue weighted by molar-refractivity contribution is 4.69. The van der Waals surface area contributed by atoms with Gasteiger partial charge in [-0.25, -0.2) is 0 Å². The molecule has 0 unspecified atom stereocenters. The Morgan fingerprint density at radius 2 is 1.40 bits per heavy atom. The zero-order valence-corrected chi connectivity index (χ0v) is 4.89. The van der Waals surface area contributed by atoms with Crippen molar-refractivity contribution >= 4 is 0 Å². The number of hydrogen-bond acceptors (Lipinski definition) is 2. The van der Waals surface area contributed by atoms with Crippen molar-refractivity contribution in [3.8, 4) is 0 Å². The number of hydrogen-bond donors (Lipinski definition) is 2. The van der Waals surface area contributed by atoms with Crippen LogP contribution in [-0.2, 0) is 0 Å². The van der Waals surface area contributed by atoms with Crippen LogP contribution in [0.1, 0.15) is 0 Å². The first-order valence-corrected chi connectivity index (χ1v) is 2.19. The first kappa shape index (κ1) is 9.57. The maximum Gasteiger partial charge on any atom is 0.470 e. The Labute approximate surface area is 53.4 Å². The van der Waals surface area contributed by atoms with Gasteiger partial charge in [-0.15, -0.1) is 0 Å². The molecule has 0 aliphatic rings. The second kappa shape index (κ2) is 2.67. The highest BCUT2D eigenvalue weighted by Crippen LogP contribution is 2.31. The summed E-state index contributed by atoms with van der Waals surface area (Å²) in [6, 6.07) is -4.87. The van der Waals surface area contributed by atoms with Crippen molar-refractivity contribution < 1.29 is 22.0 Å². The number of rotatable bonds is 2. The molecule has 2 N–H and O–H groups in total. The summed E-state index contributed by atoms with van der Waals surface area (Å²) in [5.74, 6) is 0. The van der Waals surface area contributed by atoms with Crippen molar-refractivity contribution in [2.75, 3.05) is 7.05 Å². The highest BCUT2D eigenvalue weighted by Gasteiger charge is 2.57. The molecule has 0 aromatic heterocycles. The Kier molecular flexibility index (Phi) is 2.55. The molecule has 2 nitrogen and oxygen atoms in total. The third kappa shape index (κ3) is 2.07. The van der Waals surface area contributed by atoms with Gasteiger partial charge >= 0.3 is 12.2 Å². The second-order valence-corrected chi connectivity index (χ2v) is 1.45. The highest BCUT2D eigenvalue weighted by atomic mass is 19.4. The van der Waals surface area contributed by atoms with Crippen LogP contribution in [0.15, 0.2) is 0 Å². The summed E-state index contributed by atoms with van der Waals surface area (Å²) in [6.45, 7) is 0. The molecular weight excluding hydrogens is 159 g/mol. The van der Waals surface area contributed by atoms with E-state index >= 15 is 0 Å². The van der Waals surface area contributed by atoms with Crippen molar-refractivity contribution in [1.82, 2.24) is 10.9 Å². The number of nitrogens with one attached hydrogen (secondary N) is 2. The molecule has 0 saturated carbocycles. The number of hydrazine groups is 1. The van der Waals surface area contributed by atoms with Gasteiger partial charge in [0.05, 0.1) is 0 Å². The average Bonchev–Trinajstić information content (AvgIpc) is 1.61. The van der Waals surface area contributed by atoms with E-state index in [2.05, 4.69) is 0 Å². The van der Waals surface area contributed by atoms with Crippen molar-refractivity contribution in [3.05, 3.63) is 0 Å². The van der Waals surface area contributed by atoms with E-state index in [-0.39, 0.29) is 0 Å². The monoisotopic (exact) mass is 164 g/mol. The molecule has 0 atom stereocenters. The van der Waals surface area contributed by atoms with E-state index in [1.807, 2.05) is 0 Å². The van der Waals surface area contributed by atoms with Crippen LogP contribution in [-0.4, -0.2) is 19.3 Å². The van der Waals surface area contributed by atoms with E-state index < -0.39 is 12.2 Å². The van der Waals surface area contributed by atoms with Crippen LogP contribution in [0.3, 0.4) is 0 Å². The third-order valence-corrected chi connectivity index (χ3v) is 0.638. The Balaban J connectivity index is 4.10. The van der Waals surface area contributed by atoms with Gasteiger partial charge in [-0.1, -0.05) is 0 Å². The summed E-state index contributed by atoms with van der Waals surface area (Å²) in [7, 11) is 0.916. The van der Waals surface area contributed by atoms with Crippen molar-refractivity contribution in [3.63, 3.8) is 0 Å². The quantitative estimate of drug-likeness (QED) is 0.359. The summed E-state index contributed by atoms with van der Waals surface area (Å²) in [5.41, 5.74) is 2.25. The van der Waals surface area contributed by atoms with Gasteiger partial charge in [0.1, 0.15) is 0 Å². The molecule has 0 amide bonds. The molecule has 0 radical (unpaired) electrons. The Bertz CT molecular complexity index is 108. The van der Waals surface area contributed by atoms with Crippen molar-refractivity contribution in [2.24, 2.45) is 0 Å². The molecule has 0 fully saturated rings. The summed E-state index contributed by atoms with van der Waals surface area (Å²) < 4.78 is 56.8. The lowest BCUT2D eigenvalue weighted by Crippen LogP contribution is -2.54. The van der Waals surface area contributed by atoms with Crippen LogP contribution in [0.5, 0.6) is 0 Å². The van der Waals surface area contributed by atoms with Gasteiger partial charge in [-0.2, -0.15) is 27.4 Å². The van der Waals surface area contributed by atoms with E-state index in [1.165, 1.54) is 5.43 Å². The maximum atomic E-state index is 11.6. The Morgan fingerprint density at radius 1 is 1.00 bits per heavy atom. The van der Waals surface area contributed by atoms with Crippen LogP contribution in [0.4, 0.5) is 22.0 Å². The molecule has 0 aliphatic heterocycles. The molecule has 62 valence electrons. The molecule has 10 heavy (non-hydrogen) atoms. The standard InChI is InChI=1S/C3H5F5N2/c1-9-10-3(7,8)2(4,5)6/h9-10H,1H3. The SMILES string of the molecule is CNNC(F)(F)C(F)(F)F. The van der Waals surface area contributed by atoms with Gasteiger partial charge in [0.2, 0.25) is 0 Å². The lowest BCUT2D eigenvalue weighted by molar-refractivity contribution is -0.299. The molecule has 0 heterocycles. The zero-order valence-electron chi connectivity index (χ0n) is 4.89. The minimum Gasteiger partial charge on any atom is -0.256 e. The Hall–Kier alpha value is -0.430. The number of alkyl halides is 5. The minimum absolute atomic E-state index is 0.753. The van der Waals surface area contributed by atoms with Crippen molar-refractivity contribution in [2.45, 2.75) is 12.2 Å². The fourth-order valence-electron chi connectivity index (χ4n) is 0.228. The molecule has 0 bridgehead atoms. The molecule has 0 saturated heterocycles. The third-order valence-electron chi connectivity index (χ3n) is 0.638. The van der Waals surface area contributed by atoms with E-state index in [1.54, 1.807) is 0 Å². The number of halogens is 5. The first-order valence-electron chi connectivity index (χ1n) is 2.19. The molecule has 7 heteroatoms. The fourth-order valence-corrected chi connectivity index (χ4v) is 0.228. The maximum absolute atomic E-state index is 11.6. The van der Waals surface area contributed by atoms with Gasteiger partial charge in [-0.3, -0.25) is 5.43 Å². The predicted molar refractivity (Wildman–Crippen MR) is 23.2 cm³/mol. The second-order valence-electron chi connectivity index (χ2n) is 1.45. The normalized spacial score (nSPS) is 13.8. The lowest BCUT2D eigenvalue weighted by atomic mass is 10.5. The van der Waals surface area contributed by atoms with Gasteiger partial charge in [0.25, 0.3) is 0 Å². The van der Waals surface area contributed by atoms with Gasteiger partial charge in [0, 0.05) is 0 Å². The van der Waals surface area contributed by atoms with E-state index in [9.17, 15) is 22.0 Å². The molecular formula is C3H5F5N2. The summed E-state index contributed by atoms with van der Waals surface area (Å²) >= 11 is 0. The molecule has 0 spiro atoms. The molecule has 0 aromatic rings. The van der Waals surface area contributed by atoms with Crippen molar-refractivity contribution in [1.29, 1.82) is 0 Å². The van der Waals surface area contributed by atoms with E-state index in [0.29, 0.717) is 0 Å². The molecule has 0 aromatic carbocycles. The lowest BCUT2D eigenvalue weighted by Gasteiger charge is -2.19. The van der Waals surface area contributed by atoms with E-state index in [0.717, 1.165) is 12.5 Å².